The van der Waals surface area contributed by atoms with Crippen LogP contribution in [0.15, 0.2) is 59.6 Å². The van der Waals surface area contributed by atoms with Crippen LogP contribution in [0.4, 0.5) is 5.69 Å². The van der Waals surface area contributed by atoms with Crippen molar-refractivity contribution < 1.29 is 4.74 Å². The maximum atomic E-state index is 8.89. The molecule has 7 heteroatoms. The molecule has 5 rings (SSSR count). The second kappa shape index (κ2) is 13.8. The van der Waals surface area contributed by atoms with E-state index in [4.69, 9.17) is 27.0 Å². The molecule has 1 heterocycles. The first-order chi connectivity index (χ1) is 19.8. The van der Waals surface area contributed by atoms with E-state index in [0.29, 0.717) is 53.0 Å². The fourth-order valence-corrected chi connectivity index (χ4v) is 5.60. The SMILES string of the molecule is CC.CC1CCCC(C)N1CCOc1ccc2cc(C(=N)c3cc(C(=N)N=C(N)CC4CC4)ccc3N)ccc2c1. The zero-order chi connectivity index (χ0) is 29.5. The molecule has 2 atom stereocenters. The van der Waals surface area contributed by atoms with Gasteiger partial charge in [-0.1, -0.05) is 38.5 Å². The Hall–Kier alpha value is -3.71. The number of nitrogens with zero attached hydrogens (tertiary/aromatic N) is 2. The van der Waals surface area contributed by atoms with Crippen molar-refractivity contribution in [3.8, 4) is 5.75 Å². The molecule has 6 N–H and O–H groups in total. The van der Waals surface area contributed by atoms with Gasteiger partial charge in [-0.25, -0.2) is 4.99 Å². The topological polar surface area (TPSA) is 125 Å². The molecule has 3 aromatic carbocycles. The largest absolute Gasteiger partial charge is 0.492 e. The van der Waals surface area contributed by atoms with E-state index in [9.17, 15) is 0 Å². The third-order valence-electron chi connectivity index (χ3n) is 8.14. The Kier molecular flexibility index (Phi) is 10.2. The molecule has 7 nitrogen and oxygen atoms in total. The number of anilines is 1. The van der Waals surface area contributed by atoms with Crippen LogP contribution in [-0.4, -0.2) is 47.5 Å². The van der Waals surface area contributed by atoms with Crippen LogP contribution in [0.5, 0.6) is 5.75 Å². The van der Waals surface area contributed by atoms with Gasteiger partial charge in [0.15, 0.2) is 5.84 Å². The van der Waals surface area contributed by atoms with Crippen molar-refractivity contribution in [1.29, 1.82) is 10.8 Å². The number of rotatable bonds is 9. The van der Waals surface area contributed by atoms with E-state index < -0.39 is 0 Å². The van der Waals surface area contributed by atoms with Gasteiger partial charge in [0.1, 0.15) is 18.2 Å². The van der Waals surface area contributed by atoms with Gasteiger partial charge in [0.2, 0.25) is 0 Å². The molecule has 0 amide bonds. The van der Waals surface area contributed by atoms with E-state index in [0.717, 1.165) is 35.1 Å². The minimum Gasteiger partial charge on any atom is -0.492 e. The molecule has 218 valence electrons. The summed E-state index contributed by atoms with van der Waals surface area (Å²) in [5.74, 6) is 2.06. The molecular weight excluding hydrogens is 508 g/mol. The fraction of sp³-hybridized carbons (Fsp3) is 0.441. The monoisotopic (exact) mass is 554 g/mol. The maximum Gasteiger partial charge on any atom is 0.153 e. The summed E-state index contributed by atoms with van der Waals surface area (Å²) in [5, 5.41) is 19.4. The first kappa shape index (κ1) is 30.3. The van der Waals surface area contributed by atoms with Gasteiger partial charge >= 0.3 is 0 Å². The third-order valence-corrected chi connectivity index (χ3v) is 8.14. The Morgan fingerprint density at radius 3 is 2.27 bits per heavy atom. The van der Waals surface area contributed by atoms with E-state index >= 15 is 0 Å². The average Bonchev–Trinajstić information content (AvgIpc) is 3.79. The van der Waals surface area contributed by atoms with Crippen LogP contribution in [0, 0.1) is 16.7 Å². The number of nitrogen functional groups attached to an aromatic ring is 1. The van der Waals surface area contributed by atoms with Crippen molar-refractivity contribution in [3.63, 3.8) is 0 Å². The third kappa shape index (κ3) is 7.73. The Balaban J connectivity index is 0.00000189. The van der Waals surface area contributed by atoms with Gasteiger partial charge in [-0.05, 0) is 92.6 Å². The molecule has 2 aliphatic rings. The Morgan fingerprint density at radius 2 is 1.56 bits per heavy atom. The predicted octanol–water partition coefficient (Wildman–Crippen LogP) is 6.99. The molecular formula is C34H46N6O. The average molecular weight is 555 g/mol. The lowest BCUT2D eigenvalue weighted by atomic mass is 9.96. The van der Waals surface area contributed by atoms with E-state index in [1.165, 1.54) is 32.1 Å². The summed E-state index contributed by atoms with van der Waals surface area (Å²) in [4.78, 5) is 6.84. The first-order valence-corrected chi connectivity index (χ1v) is 15.1. The van der Waals surface area contributed by atoms with Crippen LogP contribution in [0.3, 0.4) is 0 Å². The molecule has 41 heavy (non-hydrogen) atoms. The molecule has 1 aliphatic carbocycles. The number of piperidine rings is 1. The van der Waals surface area contributed by atoms with Crippen molar-refractivity contribution >= 4 is 33.8 Å². The molecule has 0 radical (unpaired) electrons. The molecule has 3 aromatic rings. The molecule has 1 saturated carbocycles. The molecule has 0 spiro atoms. The second-order valence-corrected chi connectivity index (χ2v) is 11.2. The number of benzene rings is 3. The summed E-state index contributed by atoms with van der Waals surface area (Å²) in [6.07, 6.45) is 6.95. The number of hydrogen-bond donors (Lipinski definition) is 4. The first-order valence-electron chi connectivity index (χ1n) is 15.1. The van der Waals surface area contributed by atoms with E-state index in [1.54, 1.807) is 18.2 Å². The summed E-state index contributed by atoms with van der Waals surface area (Å²) in [7, 11) is 0. The van der Waals surface area contributed by atoms with Gasteiger partial charge in [0.25, 0.3) is 0 Å². The molecule has 0 bridgehead atoms. The molecule has 1 saturated heterocycles. The number of nitrogens with two attached hydrogens (primary N) is 2. The second-order valence-electron chi connectivity index (χ2n) is 11.2. The van der Waals surface area contributed by atoms with Gasteiger partial charge in [-0.2, -0.15) is 0 Å². The van der Waals surface area contributed by atoms with Crippen LogP contribution >= 0.6 is 0 Å². The summed E-state index contributed by atoms with van der Waals surface area (Å²) >= 11 is 0. The highest BCUT2D eigenvalue weighted by atomic mass is 16.5. The standard InChI is InChI=1S/C32H40N6O.C2H6/c1-20-4-3-5-21(2)38(20)14-15-39-27-12-10-23-17-25(9-8-24(23)18-27)31(35)28-19-26(11-13-29(28)33)32(36)37-30(34)16-22-6-7-22;1-2/h8-13,17-22,35H,3-7,14-16,33H2,1-2H3,(H3,34,36,37);1-2H3. The quantitative estimate of drug-likeness (QED) is 0.129. The van der Waals surface area contributed by atoms with Gasteiger partial charge < -0.3 is 16.2 Å². The van der Waals surface area contributed by atoms with Crippen molar-refractivity contribution in [2.24, 2.45) is 16.6 Å². The van der Waals surface area contributed by atoms with E-state index in [2.05, 4.69) is 29.8 Å². The Morgan fingerprint density at radius 1 is 0.902 bits per heavy atom. The number of amidine groups is 2. The minimum absolute atomic E-state index is 0.0949. The van der Waals surface area contributed by atoms with E-state index in [1.807, 2.05) is 44.2 Å². The van der Waals surface area contributed by atoms with Gasteiger partial charge in [-0.3, -0.25) is 15.7 Å². The van der Waals surface area contributed by atoms with Crippen LogP contribution in [-0.2, 0) is 0 Å². The predicted molar refractivity (Wildman–Crippen MR) is 173 cm³/mol. The Bertz CT molecular complexity index is 1400. The van der Waals surface area contributed by atoms with Crippen LogP contribution in [0.25, 0.3) is 10.8 Å². The Labute approximate surface area is 245 Å². The van der Waals surface area contributed by atoms with Crippen molar-refractivity contribution in [2.75, 3.05) is 18.9 Å². The molecule has 1 aliphatic heterocycles. The summed E-state index contributed by atoms with van der Waals surface area (Å²) in [5.41, 5.74) is 15.0. The lowest BCUT2D eigenvalue weighted by Gasteiger charge is -2.38. The zero-order valence-electron chi connectivity index (χ0n) is 25.0. The van der Waals surface area contributed by atoms with Crippen LogP contribution in [0.2, 0.25) is 0 Å². The lowest BCUT2D eigenvalue weighted by molar-refractivity contribution is 0.0852. The molecule has 0 aromatic heterocycles. The zero-order valence-corrected chi connectivity index (χ0v) is 25.0. The highest BCUT2D eigenvalue weighted by molar-refractivity contribution is 6.16. The van der Waals surface area contributed by atoms with Gasteiger partial charge in [0.05, 0.1) is 5.71 Å². The minimum atomic E-state index is 0.0949. The van der Waals surface area contributed by atoms with Crippen molar-refractivity contribution in [2.45, 2.75) is 78.3 Å². The normalized spacial score (nSPS) is 19.4. The number of aliphatic imine (C=N–C) groups is 1. The van der Waals surface area contributed by atoms with Crippen LogP contribution < -0.4 is 16.2 Å². The highest BCUT2D eigenvalue weighted by Gasteiger charge is 2.24. The van der Waals surface area contributed by atoms with Gasteiger partial charge in [-0.15, -0.1) is 0 Å². The summed E-state index contributed by atoms with van der Waals surface area (Å²) < 4.78 is 6.12. The lowest BCUT2D eigenvalue weighted by Crippen LogP contribution is -2.45. The van der Waals surface area contributed by atoms with E-state index in [-0.39, 0.29) is 5.84 Å². The highest BCUT2D eigenvalue weighted by Crippen LogP contribution is 2.32. The fourth-order valence-electron chi connectivity index (χ4n) is 5.60. The van der Waals surface area contributed by atoms with Crippen molar-refractivity contribution in [3.05, 3.63) is 71.3 Å². The van der Waals surface area contributed by atoms with Crippen LogP contribution in [0.1, 0.15) is 82.9 Å². The maximum absolute atomic E-state index is 8.89. The number of ether oxygens (including phenoxy) is 1. The smallest absolute Gasteiger partial charge is 0.153 e. The van der Waals surface area contributed by atoms with Gasteiger partial charge in [0, 0.05) is 47.4 Å². The molecule has 2 fully saturated rings. The summed E-state index contributed by atoms with van der Waals surface area (Å²) in [6, 6.07) is 18.5. The number of fused-ring (bicyclic) bond motifs is 1. The molecule has 2 unspecified atom stereocenters. The number of likely N-dealkylation sites (tertiary alicyclic amines) is 1. The number of hydrogen-bond acceptors (Lipinski definition) is 5. The number of nitrogens with one attached hydrogen (secondary N) is 2. The van der Waals surface area contributed by atoms with Crippen molar-refractivity contribution in [1.82, 2.24) is 4.90 Å². The summed E-state index contributed by atoms with van der Waals surface area (Å²) in [6.45, 7) is 10.2.